The largest absolute Gasteiger partial charge is 0.548 e. The Morgan fingerprint density at radius 2 is 2.00 bits per heavy atom. The molecule has 88 valence electrons. The van der Waals surface area contributed by atoms with Crippen LogP contribution in [0.15, 0.2) is 0 Å². The van der Waals surface area contributed by atoms with Crippen LogP contribution in [0.1, 0.15) is 19.8 Å². The van der Waals surface area contributed by atoms with Crippen LogP contribution in [0.2, 0.25) is 0 Å². The summed E-state index contributed by atoms with van der Waals surface area (Å²) >= 11 is 0. The van der Waals surface area contributed by atoms with Gasteiger partial charge in [0.2, 0.25) is 0 Å². The second kappa shape index (κ2) is 4.94. The second-order valence-corrected chi connectivity index (χ2v) is 5.28. The maximum atomic E-state index is 10.5. The van der Waals surface area contributed by atoms with Crippen molar-refractivity contribution in [2.24, 2.45) is 5.92 Å². The van der Waals surface area contributed by atoms with Crippen LogP contribution in [-0.4, -0.2) is 50.2 Å². The fraction of sp³-hybridized carbons (Fsp3) is 0.909. The molecule has 1 N–H and O–H groups in total. The zero-order valence-corrected chi connectivity index (χ0v) is 9.95. The third kappa shape index (κ3) is 4.18. The molecule has 0 aliphatic carbocycles. The number of carbonyl (C=O) groups is 1. The average Bonchev–Trinajstić information content (AvgIpc) is 2.15. The molecule has 0 amide bonds. The van der Waals surface area contributed by atoms with Gasteiger partial charge in [0.1, 0.15) is 0 Å². The molecule has 1 heterocycles. The minimum atomic E-state index is -1.01. The molecule has 4 heteroatoms. The van der Waals surface area contributed by atoms with Crippen LogP contribution in [0.3, 0.4) is 0 Å². The summed E-state index contributed by atoms with van der Waals surface area (Å²) in [5.74, 6) is -0.389. The molecule has 1 aliphatic heterocycles. The molecule has 1 aliphatic rings. The van der Waals surface area contributed by atoms with Crippen LogP contribution in [0.5, 0.6) is 0 Å². The van der Waals surface area contributed by atoms with Crippen LogP contribution in [0.4, 0.5) is 0 Å². The van der Waals surface area contributed by atoms with Gasteiger partial charge in [0, 0.05) is 18.9 Å². The average molecular weight is 214 g/mol. The number of hydrogen-bond acceptors (Lipinski definition) is 3. The fourth-order valence-corrected chi connectivity index (χ4v) is 1.95. The SMILES string of the molecule is C[C@@H](NCC1CC[N+](C)(C)CC1)C(=O)[O-]. The summed E-state index contributed by atoms with van der Waals surface area (Å²) in [6.45, 7) is 4.81. The maximum Gasteiger partial charge on any atom is 0.0785 e. The fourth-order valence-electron chi connectivity index (χ4n) is 1.95. The number of carboxylic acid groups (broad SMARTS) is 1. The number of quaternary nitrogens is 1. The van der Waals surface area contributed by atoms with Gasteiger partial charge in [-0.05, 0) is 19.4 Å². The number of carboxylic acids is 1. The molecule has 1 atom stereocenters. The third-order valence-corrected chi connectivity index (χ3v) is 3.35. The Balaban J connectivity index is 2.22. The van der Waals surface area contributed by atoms with Crippen molar-refractivity contribution in [3.8, 4) is 0 Å². The maximum absolute atomic E-state index is 10.5. The zero-order chi connectivity index (χ0) is 11.5. The minimum absolute atomic E-state index is 0.533. The van der Waals surface area contributed by atoms with E-state index in [0.717, 1.165) is 11.0 Å². The second-order valence-electron chi connectivity index (χ2n) is 5.28. The van der Waals surface area contributed by atoms with Crippen LogP contribution in [0, 0.1) is 5.92 Å². The molecule has 15 heavy (non-hydrogen) atoms. The highest BCUT2D eigenvalue weighted by Gasteiger charge is 2.25. The lowest BCUT2D eigenvalue weighted by Gasteiger charge is -2.37. The van der Waals surface area contributed by atoms with Gasteiger partial charge in [-0.3, -0.25) is 0 Å². The Kier molecular flexibility index (Phi) is 4.11. The number of likely N-dealkylation sites (tertiary alicyclic amines) is 1. The molecular formula is C11H22N2O2. The lowest BCUT2D eigenvalue weighted by molar-refractivity contribution is -0.896. The van der Waals surface area contributed by atoms with Gasteiger partial charge in [0.05, 0.1) is 33.2 Å². The lowest BCUT2D eigenvalue weighted by Crippen LogP contribution is -2.49. The summed E-state index contributed by atoms with van der Waals surface area (Å²) in [4.78, 5) is 10.5. The molecule has 4 nitrogen and oxygen atoms in total. The van der Waals surface area contributed by atoms with Gasteiger partial charge in [-0.15, -0.1) is 0 Å². The molecule has 1 rings (SSSR count). The lowest BCUT2D eigenvalue weighted by atomic mass is 9.95. The molecule has 0 radical (unpaired) electrons. The number of piperidine rings is 1. The van der Waals surface area contributed by atoms with E-state index in [1.54, 1.807) is 6.92 Å². The number of hydrogen-bond donors (Lipinski definition) is 1. The minimum Gasteiger partial charge on any atom is -0.548 e. The van der Waals surface area contributed by atoms with E-state index in [2.05, 4.69) is 19.4 Å². The van der Waals surface area contributed by atoms with E-state index in [1.165, 1.54) is 25.9 Å². The third-order valence-electron chi connectivity index (χ3n) is 3.35. The van der Waals surface area contributed by atoms with E-state index < -0.39 is 12.0 Å². The first-order valence-electron chi connectivity index (χ1n) is 5.67. The van der Waals surface area contributed by atoms with Gasteiger partial charge in [-0.25, -0.2) is 0 Å². The van der Waals surface area contributed by atoms with Gasteiger partial charge < -0.3 is 19.7 Å². The molecule has 0 spiro atoms. The molecule has 0 aromatic heterocycles. The molecule has 0 aromatic rings. The summed E-state index contributed by atoms with van der Waals surface area (Å²) in [6, 6.07) is -0.533. The van der Waals surface area contributed by atoms with E-state index in [0.29, 0.717) is 5.92 Å². The molecular weight excluding hydrogens is 192 g/mol. The highest BCUT2D eigenvalue weighted by atomic mass is 16.4. The Hall–Kier alpha value is -0.610. The van der Waals surface area contributed by atoms with E-state index >= 15 is 0 Å². The zero-order valence-electron chi connectivity index (χ0n) is 9.95. The Morgan fingerprint density at radius 3 is 2.47 bits per heavy atom. The van der Waals surface area contributed by atoms with Crippen molar-refractivity contribution in [1.29, 1.82) is 0 Å². The van der Waals surface area contributed by atoms with E-state index in [1.807, 2.05) is 0 Å². The van der Waals surface area contributed by atoms with Crippen molar-refractivity contribution < 1.29 is 14.4 Å². The van der Waals surface area contributed by atoms with Crippen LogP contribution >= 0.6 is 0 Å². The highest BCUT2D eigenvalue weighted by Crippen LogP contribution is 2.19. The van der Waals surface area contributed by atoms with Crippen LogP contribution in [-0.2, 0) is 4.79 Å². The first kappa shape index (κ1) is 12.5. The Labute approximate surface area is 91.9 Å². The molecule has 0 bridgehead atoms. The Morgan fingerprint density at radius 1 is 1.47 bits per heavy atom. The van der Waals surface area contributed by atoms with Crippen molar-refractivity contribution in [2.75, 3.05) is 33.7 Å². The summed E-state index contributed by atoms with van der Waals surface area (Å²) in [6.07, 6.45) is 2.36. The quantitative estimate of drug-likeness (QED) is 0.623. The molecule has 0 unspecified atom stereocenters. The standard InChI is InChI=1S/C11H22N2O2/c1-9(11(14)15)12-8-10-4-6-13(2,3)7-5-10/h9-10,12H,4-8H2,1-3H3/t9-/m1/s1. The van der Waals surface area contributed by atoms with E-state index in [4.69, 9.17) is 0 Å². The number of nitrogens with one attached hydrogen (secondary N) is 1. The molecule has 1 fully saturated rings. The van der Waals surface area contributed by atoms with Crippen LogP contribution in [0.25, 0.3) is 0 Å². The summed E-state index contributed by atoms with van der Waals surface area (Å²) in [7, 11) is 4.49. The van der Waals surface area contributed by atoms with E-state index in [-0.39, 0.29) is 0 Å². The molecule has 0 saturated carbocycles. The summed E-state index contributed by atoms with van der Waals surface area (Å²) < 4.78 is 1.09. The van der Waals surface area contributed by atoms with Crippen LogP contribution < -0.4 is 10.4 Å². The topological polar surface area (TPSA) is 52.2 Å². The van der Waals surface area contributed by atoms with Gasteiger partial charge >= 0.3 is 0 Å². The van der Waals surface area contributed by atoms with Crippen molar-refractivity contribution in [3.05, 3.63) is 0 Å². The number of rotatable bonds is 4. The van der Waals surface area contributed by atoms with Crippen molar-refractivity contribution in [1.82, 2.24) is 5.32 Å². The highest BCUT2D eigenvalue weighted by molar-refractivity contribution is 5.70. The van der Waals surface area contributed by atoms with E-state index in [9.17, 15) is 9.90 Å². The summed E-state index contributed by atoms with van der Waals surface area (Å²) in [5.41, 5.74) is 0. The van der Waals surface area contributed by atoms with Crippen molar-refractivity contribution in [3.63, 3.8) is 0 Å². The Bertz CT molecular complexity index is 219. The number of nitrogens with zero attached hydrogens (tertiary/aromatic N) is 1. The number of carbonyl (C=O) groups excluding carboxylic acids is 1. The van der Waals surface area contributed by atoms with Gasteiger partial charge in [0.25, 0.3) is 0 Å². The predicted octanol–water partition coefficient (Wildman–Crippen LogP) is -0.799. The first-order chi connectivity index (χ1) is 6.91. The number of aliphatic carboxylic acids is 1. The predicted molar refractivity (Wildman–Crippen MR) is 57.0 cm³/mol. The van der Waals surface area contributed by atoms with Gasteiger partial charge in [-0.2, -0.15) is 0 Å². The monoisotopic (exact) mass is 214 g/mol. The molecule has 0 aromatic carbocycles. The smallest absolute Gasteiger partial charge is 0.0785 e. The molecule has 1 saturated heterocycles. The van der Waals surface area contributed by atoms with Gasteiger partial charge in [-0.1, -0.05) is 0 Å². The normalized spacial score (nSPS) is 23.7. The van der Waals surface area contributed by atoms with Gasteiger partial charge in [0.15, 0.2) is 0 Å². The van der Waals surface area contributed by atoms with Crippen molar-refractivity contribution in [2.45, 2.75) is 25.8 Å². The summed E-state index contributed by atoms with van der Waals surface area (Å²) in [5, 5.41) is 13.5. The van der Waals surface area contributed by atoms with Crippen molar-refractivity contribution >= 4 is 5.97 Å². The first-order valence-corrected chi connectivity index (χ1v) is 5.67.